The first kappa shape index (κ1) is 80.0. The Bertz CT molecular complexity index is 2210. The van der Waals surface area contributed by atoms with Gasteiger partial charge < -0.3 is 156 Å². The zero-order chi connectivity index (χ0) is 60.6. The molecule has 4 N–H and O–H groups in total. The summed E-state index contributed by atoms with van der Waals surface area (Å²) in [4.78, 5) is 126. The second kappa shape index (κ2) is 39.7. The first-order chi connectivity index (χ1) is 36.3. The van der Waals surface area contributed by atoms with Gasteiger partial charge in [0.05, 0.1) is 126 Å². The van der Waals surface area contributed by atoms with Crippen LogP contribution < -0.4 is 59.6 Å². The highest BCUT2D eigenvalue weighted by Crippen LogP contribution is 2.46. The Morgan fingerprint density at radius 3 is 0.608 bits per heavy atom. The molecule has 0 bridgehead atoms. The summed E-state index contributed by atoms with van der Waals surface area (Å²) in [5.74, 6) is -1.51. The molecule has 0 saturated heterocycles. The van der Waals surface area contributed by atoms with E-state index in [9.17, 15) is 94.6 Å². The molecular formula is C26H56N2O41P10-10. The number of phosphoric acid groups is 10. The predicted octanol–water partition coefficient (Wildman–Crippen LogP) is -6.36. The fraction of sp³-hybridized carbons (Fsp3) is 1.00. The lowest BCUT2D eigenvalue weighted by Crippen LogP contribution is -2.28. The average Bonchev–Trinajstić information content (AvgIpc) is 3.32. The number of aliphatic hydroxyl groups is 1. The largest absolute Gasteiger partial charge is 0.756 e. The molecule has 43 nitrogen and oxygen atoms in total. The first-order valence-electron chi connectivity index (χ1n) is 21.3. The maximum atomic E-state index is 11.9. The second-order valence-electron chi connectivity index (χ2n) is 13.7. The highest BCUT2D eigenvalue weighted by molar-refractivity contribution is 7.48. The fourth-order valence-corrected chi connectivity index (χ4v) is 10.9. The molecule has 0 radical (unpaired) electrons. The van der Waals surface area contributed by atoms with Crippen molar-refractivity contribution >= 4 is 78.2 Å². The Kier molecular flexibility index (Phi) is 40.2. The van der Waals surface area contributed by atoms with Crippen LogP contribution in [-0.2, 0) is 132 Å². The maximum absolute atomic E-state index is 11.9. The summed E-state index contributed by atoms with van der Waals surface area (Å²) in [7, 11) is -48.9. The van der Waals surface area contributed by atoms with E-state index in [1.54, 1.807) is 7.05 Å². The van der Waals surface area contributed by atoms with Gasteiger partial charge in [-0.05, 0) is 14.1 Å². The maximum Gasteiger partial charge on any atom is 0.268 e. The molecule has 476 valence electrons. The number of phosphoric ester groups is 10. The van der Waals surface area contributed by atoms with E-state index in [2.05, 4.69) is 96.6 Å². The van der Waals surface area contributed by atoms with E-state index >= 15 is 0 Å². The van der Waals surface area contributed by atoms with Crippen LogP contribution >= 0.6 is 78.2 Å². The minimum atomic E-state index is -5.29. The van der Waals surface area contributed by atoms with Crippen molar-refractivity contribution in [3.8, 4) is 0 Å². The van der Waals surface area contributed by atoms with Gasteiger partial charge in [0.1, 0.15) is 0 Å². The van der Waals surface area contributed by atoms with Gasteiger partial charge >= 0.3 is 0 Å². The van der Waals surface area contributed by atoms with Gasteiger partial charge in [0, 0.05) is 31.5 Å². The van der Waals surface area contributed by atoms with E-state index in [1.807, 2.05) is 0 Å². The Hall–Kier alpha value is 0.980. The monoisotopic (exact) mass is 1360 g/mol. The molecule has 0 fully saturated rings. The van der Waals surface area contributed by atoms with Gasteiger partial charge in [-0.3, -0.25) is 45.7 Å². The molecule has 79 heavy (non-hydrogen) atoms. The Labute approximate surface area is 449 Å². The van der Waals surface area contributed by atoms with Crippen molar-refractivity contribution in [2.75, 3.05) is 159 Å². The Balaban J connectivity index is 4.28. The molecule has 0 spiro atoms. The fourth-order valence-electron chi connectivity index (χ4n) is 4.23. The van der Waals surface area contributed by atoms with Crippen LogP contribution in [0.5, 0.6) is 0 Å². The van der Waals surface area contributed by atoms with Gasteiger partial charge in [0.25, 0.3) is 78.2 Å². The summed E-state index contributed by atoms with van der Waals surface area (Å²) in [5, 5.41) is 14.4. The van der Waals surface area contributed by atoms with Gasteiger partial charge in [-0.25, -0.2) is 0 Å². The second-order valence-corrected chi connectivity index (χ2v) is 27.6. The van der Waals surface area contributed by atoms with Crippen LogP contribution in [-0.4, -0.2) is 169 Å². The molecule has 0 saturated carbocycles. The van der Waals surface area contributed by atoms with Crippen molar-refractivity contribution in [3.05, 3.63) is 0 Å². The topological polar surface area (TPSA) is 641 Å². The molecule has 0 aromatic rings. The smallest absolute Gasteiger partial charge is 0.268 e. The van der Waals surface area contributed by atoms with Gasteiger partial charge in [-0.2, -0.15) is 0 Å². The van der Waals surface area contributed by atoms with Crippen LogP contribution in [0.1, 0.15) is 0 Å². The number of aliphatic hydroxyl groups excluding tert-OH is 1. The summed E-state index contributed by atoms with van der Waals surface area (Å²) >= 11 is 0. The molecule has 12 atom stereocenters. The highest BCUT2D eigenvalue weighted by Gasteiger charge is 2.21. The third-order valence-electron chi connectivity index (χ3n) is 7.31. The van der Waals surface area contributed by atoms with Crippen LogP contribution in [0.4, 0.5) is 0 Å². The standard InChI is InChI=1S/C26H66N2O41P10/c1-27-19-25(21-29)22-68-78(47,48)65-17-15-63-76(43,44)61-13-11-59-74(39,40)57-9-7-55-72(35,36)53-5-3-51-71(33,34)52-4-6-54-73(37,38)56-8-10-58-75(41,42)60-12-14-62-77(45,46)64-16-18-66-79(49,50)69-24-26(20-28-2)23-67-70(30,31)32/h25-29H,3-24H2,1-2H3,(H,33,34)(H,35,36)(H,37,38)(H,39,40)(H,41,42)(H,43,44)(H,45,46)(H,47,48)(H,49,50)(H2,30,31,32)/p-10. The average molecular weight is 1360 g/mol. The number of hydrogen-bond acceptors (Lipinski definition) is 42. The lowest BCUT2D eigenvalue weighted by molar-refractivity contribution is -0.239. The molecule has 0 amide bonds. The first-order valence-corrected chi connectivity index (χ1v) is 35.9. The van der Waals surface area contributed by atoms with Crippen molar-refractivity contribution in [1.29, 1.82) is 0 Å². The molecule has 0 heterocycles. The van der Waals surface area contributed by atoms with Crippen LogP contribution in [0, 0.1) is 11.8 Å². The van der Waals surface area contributed by atoms with Gasteiger partial charge in [0.2, 0.25) is 0 Å². The van der Waals surface area contributed by atoms with E-state index in [-0.39, 0.29) is 13.1 Å². The quantitative estimate of drug-likeness (QED) is 0.0325. The van der Waals surface area contributed by atoms with Crippen LogP contribution in [0.3, 0.4) is 0 Å². The van der Waals surface area contributed by atoms with Gasteiger partial charge in [-0.15, -0.1) is 0 Å². The van der Waals surface area contributed by atoms with E-state index in [0.717, 1.165) is 0 Å². The van der Waals surface area contributed by atoms with Crippen LogP contribution in [0.15, 0.2) is 0 Å². The summed E-state index contributed by atoms with van der Waals surface area (Å²) in [6.07, 6.45) is 0. The van der Waals surface area contributed by atoms with E-state index in [1.165, 1.54) is 7.05 Å². The molecule has 0 aromatic carbocycles. The van der Waals surface area contributed by atoms with Gasteiger partial charge in [0.15, 0.2) is 0 Å². The molecule has 0 rings (SSSR count). The van der Waals surface area contributed by atoms with Crippen molar-refractivity contribution in [1.82, 2.24) is 10.6 Å². The minimum absolute atomic E-state index is 0.0321. The lowest BCUT2D eigenvalue weighted by Gasteiger charge is -2.28. The SMILES string of the molecule is CNCC(CO)COP(=O)([O-])OCCOP(=O)([O-])OCCOP(=O)([O-])OCCOP(=O)([O-])OCCOP(=O)([O-])OCCOP(=O)([O-])OCCOP(=O)([O-])OCCOP(=O)([O-])OCCOP(=O)([O-])OCC(CNC)COP(=O)([O-])O. The van der Waals surface area contributed by atoms with E-state index in [0.29, 0.717) is 0 Å². The number of hydrogen-bond donors (Lipinski definition) is 4. The zero-order valence-corrected chi connectivity index (χ0v) is 49.9. The Morgan fingerprint density at radius 1 is 0.291 bits per heavy atom. The minimum Gasteiger partial charge on any atom is -0.756 e. The third-order valence-corrected chi connectivity index (χ3v) is 16.7. The molecule has 53 heteroatoms. The number of nitrogens with one attached hydrogen (secondary N) is 2. The van der Waals surface area contributed by atoms with Crippen molar-refractivity contribution < 1.29 is 191 Å². The highest BCUT2D eigenvalue weighted by atomic mass is 31.2. The van der Waals surface area contributed by atoms with E-state index < -0.39 is 222 Å². The summed E-state index contributed by atoms with van der Waals surface area (Å²) in [6, 6.07) is 0. The Morgan fingerprint density at radius 2 is 0.443 bits per heavy atom. The van der Waals surface area contributed by atoms with Crippen molar-refractivity contribution in [3.63, 3.8) is 0 Å². The molecule has 0 aliphatic carbocycles. The van der Waals surface area contributed by atoms with Crippen molar-refractivity contribution in [2.45, 2.75) is 0 Å². The lowest BCUT2D eigenvalue weighted by atomic mass is 10.2. The molecule has 12 unspecified atom stereocenters. The summed E-state index contributed by atoms with van der Waals surface area (Å²) < 4.78 is 199. The van der Waals surface area contributed by atoms with Crippen molar-refractivity contribution in [2.24, 2.45) is 11.8 Å². The molecule has 0 aromatic heterocycles. The summed E-state index contributed by atoms with van der Waals surface area (Å²) in [5.41, 5.74) is 0. The zero-order valence-electron chi connectivity index (χ0n) is 41.0. The number of rotatable bonds is 54. The normalized spacial score (nSPS) is 20.8. The third kappa shape index (κ3) is 47.8. The van der Waals surface area contributed by atoms with Gasteiger partial charge in [-0.1, -0.05) is 0 Å². The van der Waals surface area contributed by atoms with Crippen LogP contribution in [0.2, 0.25) is 0 Å². The molecule has 0 aliphatic rings. The van der Waals surface area contributed by atoms with E-state index in [4.69, 9.17) is 10.00 Å². The predicted molar refractivity (Wildman–Crippen MR) is 233 cm³/mol. The molecule has 0 aliphatic heterocycles. The van der Waals surface area contributed by atoms with Crippen LogP contribution in [0.25, 0.3) is 0 Å². The molecular weight excluding hydrogens is 1310 g/mol. The summed E-state index contributed by atoms with van der Waals surface area (Å²) in [6.45, 7) is -18.1.